The van der Waals surface area contributed by atoms with E-state index in [0.717, 1.165) is 22.0 Å². The molecule has 0 aromatic heterocycles. The number of quaternary nitrogens is 1. The van der Waals surface area contributed by atoms with Gasteiger partial charge in [-0.25, -0.2) is 0 Å². The van der Waals surface area contributed by atoms with Gasteiger partial charge in [0.15, 0.2) is 17.5 Å². The number of benzene rings is 2. The monoisotopic (exact) mass is 338 g/mol. The van der Waals surface area contributed by atoms with Gasteiger partial charge in [-0.15, -0.1) is 0 Å². The van der Waals surface area contributed by atoms with Crippen LogP contribution in [-0.4, -0.2) is 25.8 Å². The smallest absolute Gasteiger partial charge is 0.282 e. The van der Waals surface area contributed by atoms with Crippen molar-refractivity contribution >= 4 is 11.6 Å². The molecule has 1 unspecified atom stereocenters. The molecule has 0 fully saturated rings. The maximum absolute atomic E-state index is 12.5. The molecule has 2 atom stereocenters. The highest BCUT2D eigenvalue weighted by molar-refractivity contribution is 5.93. The van der Waals surface area contributed by atoms with Crippen LogP contribution < -0.4 is 19.7 Å². The van der Waals surface area contributed by atoms with Crippen molar-refractivity contribution in [3.05, 3.63) is 53.6 Å². The lowest BCUT2D eigenvalue weighted by Crippen LogP contribution is -3.12. The van der Waals surface area contributed by atoms with Crippen LogP contribution in [-0.2, 0) is 11.3 Å². The van der Waals surface area contributed by atoms with Gasteiger partial charge in [-0.1, -0.05) is 6.07 Å². The van der Waals surface area contributed by atoms with E-state index in [2.05, 4.69) is 11.4 Å². The van der Waals surface area contributed by atoms with E-state index in [-0.39, 0.29) is 18.7 Å². The number of ether oxygens (including phenoxy) is 2. The number of carbonyl (C=O) groups is 1. The zero-order valence-electron chi connectivity index (χ0n) is 14.2. The summed E-state index contributed by atoms with van der Waals surface area (Å²) in [5.41, 5.74) is 2.23. The van der Waals surface area contributed by atoms with Crippen LogP contribution in [0.3, 0.4) is 0 Å². The van der Waals surface area contributed by atoms with Crippen molar-refractivity contribution in [1.82, 2.24) is 0 Å². The third-order valence-corrected chi connectivity index (χ3v) is 4.31. The molecule has 1 aliphatic rings. The summed E-state index contributed by atoms with van der Waals surface area (Å²) < 4.78 is 10.7. The molecule has 2 N–H and O–H groups in total. The van der Waals surface area contributed by atoms with Crippen LogP contribution in [0.2, 0.25) is 0 Å². The summed E-state index contributed by atoms with van der Waals surface area (Å²) in [5.74, 6) is 1.41. The van der Waals surface area contributed by atoms with Gasteiger partial charge in [0.25, 0.3) is 5.91 Å². The number of likely N-dealkylation sites (N-methyl/N-ethyl adjacent to an activating group) is 1. The first kappa shape index (κ1) is 16.8. The van der Waals surface area contributed by atoms with Crippen LogP contribution >= 0.6 is 0 Å². The number of carbonyl (C=O) groups excluding carboxylic acids is 1. The Labute approximate surface area is 146 Å². The Bertz CT molecular complexity index is 829. The fourth-order valence-electron chi connectivity index (χ4n) is 2.67. The number of rotatable bonds is 5. The van der Waals surface area contributed by atoms with Crippen molar-refractivity contribution in [2.45, 2.75) is 19.5 Å². The predicted octanol–water partition coefficient (Wildman–Crippen LogP) is 1.33. The minimum absolute atomic E-state index is 0.0895. The van der Waals surface area contributed by atoms with Crippen molar-refractivity contribution in [3.8, 4) is 17.6 Å². The summed E-state index contributed by atoms with van der Waals surface area (Å²) in [6, 6.07) is 14.5. The molecule has 2 aromatic carbocycles. The van der Waals surface area contributed by atoms with Gasteiger partial charge in [-0.2, -0.15) is 5.26 Å². The first-order chi connectivity index (χ1) is 12.1. The lowest BCUT2D eigenvalue weighted by Gasteiger charge is -2.21. The van der Waals surface area contributed by atoms with Crippen molar-refractivity contribution in [3.63, 3.8) is 0 Å². The topological polar surface area (TPSA) is 75.8 Å². The first-order valence-electron chi connectivity index (χ1n) is 8.08. The average molecular weight is 338 g/mol. The molecule has 0 saturated carbocycles. The average Bonchev–Trinajstić information content (AvgIpc) is 3.08. The van der Waals surface area contributed by atoms with Gasteiger partial charge in [0.1, 0.15) is 6.54 Å². The van der Waals surface area contributed by atoms with Crippen LogP contribution in [0.4, 0.5) is 5.69 Å². The van der Waals surface area contributed by atoms with Crippen LogP contribution in [0.1, 0.15) is 18.1 Å². The van der Waals surface area contributed by atoms with Gasteiger partial charge in [-0.05, 0) is 43.3 Å². The number of nitriles is 1. The number of nitrogens with zero attached hydrogens (tertiary/aromatic N) is 1. The molecule has 1 aliphatic heterocycles. The van der Waals surface area contributed by atoms with Gasteiger partial charge in [0, 0.05) is 11.3 Å². The van der Waals surface area contributed by atoms with Gasteiger partial charge >= 0.3 is 0 Å². The normalized spacial score (nSPS) is 14.4. The number of fused-ring (bicyclic) bond motifs is 1. The van der Waals surface area contributed by atoms with Crippen LogP contribution in [0, 0.1) is 11.3 Å². The highest BCUT2D eigenvalue weighted by Gasteiger charge is 2.23. The molecule has 3 rings (SSSR count). The molecule has 6 nitrogen and oxygen atoms in total. The lowest BCUT2D eigenvalue weighted by molar-refractivity contribution is -0.907. The van der Waals surface area contributed by atoms with E-state index in [4.69, 9.17) is 14.7 Å². The number of hydrogen-bond acceptors (Lipinski definition) is 4. The Kier molecular flexibility index (Phi) is 4.87. The Balaban J connectivity index is 1.62. The van der Waals surface area contributed by atoms with E-state index in [1.54, 1.807) is 24.3 Å². The summed E-state index contributed by atoms with van der Waals surface area (Å²) in [7, 11) is 1.97. The quantitative estimate of drug-likeness (QED) is 0.862. The summed E-state index contributed by atoms with van der Waals surface area (Å²) in [6.45, 7) is 2.82. The number of nitrogens with one attached hydrogen (secondary N) is 2. The van der Waals surface area contributed by atoms with Crippen molar-refractivity contribution < 1.29 is 19.2 Å². The Morgan fingerprint density at radius 1 is 1.28 bits per heavy atom. The van der Waals surface area contributed by atoms with Crippen molar-refractivity contribution in [2.24, 2.45) is 0 Å². The molecule has 128 valence electrons. The van der Waals surface area contributed by atoms with Gasteiger partial charge < -0.3 is 19.7 Å². The van der Waals surface area contributed by atoms with E-state index in [1.807, 2.05) is 32.2 Å². The molecule has 25 heavy (non-hydrogen) atoms. The van der Waals surface area contributed by atoms with Gasteiger partial charge in [0.05, 0.1) is 18.7 Å². The molecule has 0 saturated heterocycles. The van der Waals surface area contributed by atoms with Crippen LogP contribution in [0.25, 0.3) is 0 Å². The van der Waals surface area contributed by atoms with E-state index in [1.165, 1.54) is 0 Å². The minimum atomic E-state index is -0.254. The summed E-state index contributed by atoms with van der Waals surface area (Å²) in [5, 5.41) is 11.8. The first-order valence-corrected chi connectivity index (χ1v) is 8.08. The fourth-order valence-corrected chi connectivity index (χ4v) is 2.67. The molecule has 0 radical (unpaired) electrons. The molecule has 1 amide bonds. The second-order valence-corrected chi connectivity index (χ2v) is 6.11. The second-order valence-electron chi connectivity index (χ2n) is 6.11. The molecule has 2 aromatic rings. The van der Waals surface area contributed by atoms with E-state index in [0.29, 0.717) is 17.8 Å². The second kappa shape index (κ2) is 7.24. The standard InChI is InChI=1S/C19H19N3O3/c1-13(19(23)21-16-5-3-4-14(8-16)10-20)22(2)11-15-6-7-17-18(9-15)25-12-24-17/h3-9,13H,11-12H2,1-2H3,(H,21,23)/p+1/t13-/m0/s1. The molecule has 0 aliphatic carbocycles. The van der Waals surface area contributed by atoms with Crippen LogP contribution in [0.15, 0.2) is 42.5 Å². The summed E-state index contributed by atoms with van der Waals surface area (Å²) in [6.07, 6.45) is 0. The van der Waals surface area contributed by atoms with E-state index < -0.39 is 0 Å². The SMILES string of the molecule is C[C@@H](C(=O)Nc1cccc(C#N)c1)[NH+](C)Cc1ccc2c(c1)OCO2. The van der Waals surface area contributed by atoms with Gasteiger partial charge in [0.2, 0.25) is 6.79 Å². The largest absolute Gasteiger partial charge is 0.454 e. The molecule has 6 heteroatoms. The number of anilines is 1. The van der Waals surface area contributed by atoms with Crippen LogP contribution in [0.5, 0.6) is 11.5 Å². The maximum atomic E-state index is 12.5. The third-order valence-electron chi connectivity index (χ3n) is 4.31. The zero-order chi connectivity index (χ0) is 17.8. The maximum Gasteiger partial charge on any atom is 0.282 e. The fraction of sp³-hybridized carbons (Fsp3) is 0.263. The van der Waals surface area contributed by atoms with Crippen molar-refractivity contribution in [2.75, 3.05) is 19.2 Å². The Hall–Kier alpha value is -3.04. The predicted molar refractivity (Wildman–Crippen MR) is 92.4 cm³/mol. The van der Waals surface area contributed by atoms with E-state index >= 15 is 0 Å². The highest BCUT2D eigenvalue weighted by Crippen LogP contribution is 2.32. The summed E-state index contributed by atoms with van der Waals surface area (Å²) >= 11 is 0. The third kappa shape index (κ3) is 3.90. The Morgan fingerprint density at radius 3 is 2.88 bits per heavy atom. The molecule has 0 bridgehead atoms. The molecular formula is C19H20N3O3+. The van der Waals surface area contributed by atoms with E-state index in [9.17, 15) is 4.79 Å². The number of hydrogen-bond donors (Lipinski definition) is 2. The van der Waals surface area contributed by atoms with Gasteiger partial charge in [-0.3, -0.25) is 4.79 Å². The minimum Gasteiger partial charge on any atom is -0.454 e. The molecular weight excluding hydrogens is 318 g/mol. The number of amides is 1. The summed E-state index contributed by atoms with van der Waals surface area (Å²) in [4.78, 5) is 13.5. The van der Waals surface area contributed by atoms with Crippen molar-refractivity contribution in [1.29, 1.82) is 5.26 Å². The zero-order valence-corrected chi connectivity index (χ0v) is 14.2. The lowest BCUT2D eigenvalue weighted by atomic mass is 10.1. The Morgan fingerprint density at radius 2 is 2.08 bits per heavy atom. The molecule has 1 heterocycles. The molecule has 0 spiro atoms. The highest BCUT2D eigenvalue weighted by atomic mass is 16.7.